The van der Waals surface area contributed by atoms with Gasteiger partial charge >= 0.3 is 0 Å². The van der Waals surface area contributed by atoms with Gasteiger partial charge in [0.25, 0.3) is 10.0 Å². The van der Waals surface area contributed by atoms with Crippen molar-refractivity contribution in [2.24, 2.45) is 7.05 Å². The van der Waals surface area contributed by atoms with Crippen molar-refractivity contribution in [3.05, 3.63) is 65.7 Å². The zero-order valence-electron chi connectivity index (χ0n) is 18.3. The Labute approximate surface area is 183 Å². The highest BCUT2D eigenvalue weighted by molar-refractivity contribution is 7.93. The Bertz CT molecular complexity index is 1170. The minimum Gasteiger partial charge on any atom is -0.323 e. The number of aromatic nitrogens is 3. The average Bonchev–Trinajstić information content (AvgIpc) is 2.99. The first-order valence-electron chi connectivity index (χ1n) is 9.94. The van der Waals surface area contributed by atoms with Crippen LogP contribution < -0.4 is 9.62 Å². The molecule has 0 saturated heterocycles. The number of benzene rings is 1. The van der Waals surface area contributed by atoms with Crippen molar-refractivity contribution in [2.75, 3.05) is 16.2 Å². The van der Waals surface area contributed by atoms with Gasteiger partial charge in [-0.1, -0.05) is 26.0 Å². The SMILES string of the molecule is Cc1nn(C)c(C)c1S(=O)(=O)N(CC(=O)Nc1cccnc1)c1ccc(C(C)C)cc1. The molecule has 0 atom stereocenters. The molecular weight excluding hydrogens is 414 g/mol. The molecule has 0 unspecified atom stereocenters. The zero-order valence-corrected chi connectivity index (χ0v) is 19.1. The number of hydrogen-bond acceptors (Lipinski definition) is 5. The highest BCUT2D eigenvalue weighted by Crippen LogP contribution is 2.29. The maximum atomic E-state index is 13.7. The van der Waals surface area contributed by atoms with E-state index < -0.39 is 15.9 Å². The van der Waals surface area contributed by atoms with E-state index in [1.165, 1.54) is 10.9 Å². The number of rotatable bonds is 7. The van der Waals surface area contributed by atoms with E-state index in [0.29, 0.717) is 28.7 Å². The first kappa shape index (κ1) is 22.5. The number of nitrogens with zero attached hydrogens (tertiary/aromatic N) is 4. The minimum absolute atomic E-state index is 0.108. The smallest absolute Gasteiger partial charge is 0.268 e. The fourth-order valence-electron chi connectivity index (χ4n) is 3.35. The maximum absolute atomic E-state index is 13.7. The topological polar surface area (TPSA) is 97.2 Å². The Morgan fingerprint density at radius 1 is 1.16 bits per heavy atom. The van der Waals surface area contributed by atoms with Crippen LogP contribution in [0.1, 0.15) is 36.7 Å². The van der Waals surface area contributed by atoms with Crippen LogP contribution in [0.4, 0.5) is 11.4 Å². The van der Waals surface area contributed by atoms with Crippen LogP contribution in [0.25, 0.3) is 0 Å². The summed E-state index contributed by atoms with van der Waals surface area (Å²) in [7, 11) is -2.35. The van der Waals surface area contributed by atoms with E-state index in [9.17, 15) is 13.2 Å². The summed E-state index contributed by atoms with van der Waals surface area (Å²) in [5, 5.41) is 6.94. The Kier molecular flexibility index (Phi) is 6.45. The van der Waals surface area contributed by atoms with Gasteiger partial charge in [0.1, 0.15) is 11.4 Å². The van der Waals surface area contributed by atoms with Gasteiger partial charge in [0, 0.05) is 13.2 Å². The van der Waals surface area contributed by atoms with Crippen LogP contribution >= 0.6 is 0 Å². The molecule has 2 heterocycles. The van der Waals surface area contributed by atoms with E-state index in [1.54, 1.807) is 51.4 Å². The molecule has 1 aromatic carbocycles. The molecule has 1 N–H and O–H groups in total. The monoisotopic (exact) mass is 441 g/mol. The summed E-state index contributed by atoms with van der Waals surface area (Å²) in [6.45, 7) is 7.09. The number of pyridine rings is 1. The van der Waals surface area contributed by atoms with E-state index in [-0.39, 0.29) is 11.4 Å². The lowest BCUT2D eigenvalue weighted by Gasteiger charge is -2.24. The molecular formula is C22H27N5O3S. The Morgan fingerprint density at radius 3 is 2.35 bits per heavy atom. The molecule has 0 saturated carbocycles. The molecule has 31 heavy (non-hydrogen) atoms. The van der Waals surface area contributed by atoms with Crippen LogP contribution in [0.15, 0.2) is 53.7 Å². The van der Waals surface area contributed by atoms with Crippen LogP contribution in [-0.4, -0.2) is 35.6 Å². The third kappa shape index (κ3) is 4.77. The van der Waals surface area contributed by atoms with Crippen molar-refractivity contribution in [3.8, 4) is 0 Å². The second-order valence-electron chi connectivity index (χ2n) is 7.67. The van der Waals surface area contributed by atoms with Crippen LogP contribution in [-0.2, 0) is 21.9 Å². The van der Waals surface area contributed by atoms with Crippen molar-refractivity contribution in [2.45, 2.75) is 38.5 Å². The van der Waals surface area contributed by atoms with Gasteiger partial charge in [0.05, 0.1) is 29.0 Å². The number of carbonyl (C=O) groups excluding carboxylic acids is 1. The summed E-state index contributed by atoms with van der Waals surface area (Å²) in [4.78, 5) is 16.8. The van der Waals surface area contributed by atoms with E-state index in [0.717, 1.165) is 9.87 Å². The fraction of sp³-hybridized carbons (Fsp3) is 0.318. The average molecular weight is 442 g/mol. The lowest BCUT2D eigenvalue weighted by atomic mass is 10.0. The highest BCUT2D eigenvalue weighted by Gasteiger charge is 2.32. The summed E-state index contributed by atoms with van der Waals surface area (Å²) in [6, 6.07) is 10.6. The van der Waals surface area contributed by atoms with Gasteiger partial charge in [-0.15, -0.1) is 0 Å². The lowest BCUT2D eigenvalue weighted by molar-refractivity contribution is -0.114. The molecule has 0 radical (unpaired) electrons. The first-order valence-corrected chi connectivity index (χ1v) is 11.4. The van der Waals surface area contributed by atoms with Gasteiger partial charge in [-0.2, -0.15) is 5.10 Å². The Hall–Kier alpha value is -3.20. The second-order valence-corrected chi connectivity index (χ2v) is 9.47. The molecule has 3 rings (SSSR count). The Morgan fingerprint density at radius 2 is 1.84 bits per heavy atom. The molecule has 9 heteroatoms. The first-order chi connectivity index (χ1) is 14.6. The maximum Gasteiger partial charge on any atom is 0.268 e. The zero-order chi connectivity index (χ0) is 22.8. The van der Waals surface area contributed by atoms with Gasteiger partial charge in [-0.25, -0.2) is 8.42 Å². The molecule has 164 valence electrons. The summed E-state index contributed by atoms with van der Waals surface area (Å²) in [6.07, 6.45) is 3.10. The van der Waals surface area contributed by atoms with Gasteiger partial charge in [-0.3, -0.25) is 18.8 Å². The quantitative estimate of drug-likeness (QED) is 0.606. The Balaban J connectivity index is 2.02. The number of hydrogen-bond donors (Lipinski definition) is 1. The van der Waals surface area contributed by atoms with Crippen molar-refractivity contribution >= 4 is 27.3 Å². The van der Waals surface area contributed by atoms with Crippen molar-refractivity contribution in [3.63, 3.8) is 0 Å². The number of nitrogens with one attached hydrogen (secondary N) is 1. The molecule has 0 spiro atoms. The number of sulfonamides is 1. The van der Waals surface area contributed by atoms with Crippen molar-refractivity contribution in [1.29, 1.82) is 0 Å². The van der Waals surface area contributed by atoms with Crippen LogP contribution in [0.2, 0.25) is 0 Å². The molecule has 0 aliphatic rings. The number of anilines is 2. The van der Waals surface area contributed by atoms with Crippen LogP contribution in [0.5, 0.6) is 0 Å². The minimum atomic E-state index is -4.04. The van der Waals surface area contributed by atoms with Crippen LogP contribution in [0, 0.1) is 13.8 Å². The highest BCUT2D eigenvalue weighted by atomic mass is 32.2. The molecule has 2 aromatic heterocycles. The van der Waals surface area contributed by atoms with E-state index >= 15 is 0 Å². The van der Waals surface area contributed by atoms with E-state index in [4.69, 9.17) is 0 Å². The molecule has 8 nitrogen and oxygen atoms in total. The summed E-state index contributed by atoms with van der Waals surface area (Å²) < 4.78 is 30.0. The van der Waals surface area contributed by atoms with Crippen molar-refractivity contribution < 1.29 is 13.2 Å². The van der Waals surface area contributed by atoms with Gasteiger partial charge in [0.15, 0.2) is 0 Å². The molecule has 0 fully saturated rings. The number of carbonyl (C=O) groups is 1. The van der Waals surface area contributed by atoms with E-state index in [2.05, 4.69) is 29.2 Å². The summed E-state index contributed by atoms with van der Waals surface area (Å²) >= 11 is 0. The molecule has 0 aliphatic heterocycles. The largest absolute Gasteiger partial charge is 0.323 e. The predicted octanol–water partition coefficient (Wildman–Crippen LogP) is 3.39. The fourth-order valence-corrected chi connectivity index (χ4v) is 5.17. The normalized spacial score (nSPS) is 11.5. The molecule has 3 aromatic rings. The van der Waals surface area contributed by atoms with E-state index in [1.807, 2.05) is 12.1 Å². The predicted molar refractivity (Wildman–Crippen MR) is 121 cm³/mol. The number of aryl methyl sites for hydroxylation is 2. The van der Waals surface area contributed by atoms with Gasteiger partial charge < -0.3 is 5.32 Å². The van der Waals surface area contributed by atoms with Crippen molar-refractivity contribution in [1.82, 2.24) is 14.8 Å². The van der Waals surface area contributed by atoms with Gasteiger partial charge in [-0.05, 0) is 49.6 Å². The summed E-state index contributed by atoms with van der Waals surface area (Å²) in [5.41, 5.74) is 2.88. The molecule has 1 amide bonds. The van der Waals surface area contributed by atoms with Crippen LogP contribution in [0.3, 0.4) is 0 Å². The third-order valence-electron chi connectivity index (χ3n) is 5.07. The standard InChI is InChI=1S/C22H27N5O3S/c1-15(2)18-8-10-20(11-9-18)27(14-21(28)24-19-7-6-12-23-13-19)31(29,30)22-16(3)25-26(5)17(22)4/h6-13,15H,14H2,1-5H3,(H,24,28). The molecule has 0 bridgehead atoms. The van der Waals surface area contributed by atoms with Gasteiger partial charge in [0.2, 0.25) is 5.91 Å². The second kappa shape index (κ2) is 8.89. The lowest BCUT2D eigenvalue weighted by Crippen LogP contribution is -2.38. The third-order valence-corrected chi connectivity index (χ3v) is 7.10. The number of amides is 1. The summed E-state index contributed by atoms with van der Waals surface area (Å²) in [5.74, 6) is -0.167. The molecule has 0 aliphatic carbocycles.